The standard InChI is InChI=1S/C15H9N3O/c16-9-11-5-1-4-8-14(11)19-15-12-6-2-3-7-13(12)17-10-18-15/h1-8,10H. The lowest BCUT2D eigenvalue weighted by Gasteiger charge is -2.08. The summed E-state index contributed by atoms with van der Waals surface area (Å²) in [7, 11) is 0. The third-order valence-corrected chi connectivity index (χ3v) is 2.72. The van der Waals surface area contributed by atoms with Crippen LogP contribution in [0.25, 0.3) is 10.9 Å². The zero-order valence-corrected chi connectivity index (χ0v) is 9.95. The molecule has 0 aliphatic heterocycles. The van der Waals surface area contributed by atoms with Gasteiger partial charge in [0, 0.05) is 0 Å². The number of para-hydroxylation sites is 2. The molecule has 4 heteroatoms. The van der Waals surface area contributed by atoms with E-state index in [9.17, 15) is 0 Å². The van der Waals surface area contributed by atoms with Crippen LogP contribution < -0.4 is 4.74 Å². The molecule has 0 amide bonds. The van der Waals surface area contributed by atoms with E-state index in [1.54, 1.807) is 18.2 Å². The first-order chi connectivity index (χ1) is 9.38. The third-order valence-electron chi connectivity index (χ3n) is 2.72. The summed E-state index contributed by atoms with van der Waals surface area (Å²) in [5, 5.41) is 9.86. The molecule has 0 unspecified atom stereocenters. The molecule has 0 radical (unpaired) electrons. The Morgan fingerprint density at radius 2 is 1.74 bits per heavy atom. The van der Waals surface area contributed by atoms with Gasteiger partial charge in [-0.1, -0.05) is 24.3 Å². The van der Waals surface area contributed by atoms with Gasteiger partial charge in [-0.15, -0.1) is 0 Å². The lowest BCUT2D eigenvalue weighted by atomic mass is 10.2. The molecule has 0 fully saturated rings. The van der Waals surface area contributed by atoms with E-state index in [1.807, 2.05) is 30.3 Å². The number of nitriles is 1. The normalized spacial score (nSPS) is 10.1. The minimum atomic E-state index is 0.452. The van der Waals surface area contributed by atoms with Crippen LogP contribution in [0.2, 0.25) is 0 Å². The highest BCUT2D eigenvalue weighted by molar-refractivity contribution is 5.83. The lowest BCUT2D eigenvalue weighted by Crippen LogP contribution is -1.93. The SMILES string of the molecule is N#Cc1ccccc1Oc1ncnc2ccccc12. The second kappa shape index (κ2) is 4.75. The van der Waals surface area contributed by atoms with Crippen molar-refractivity contribution in [2.75, 3.05) is 0 Å². The fourth-order valence-electron chi connectivity index (χ4n) is 1.81. The summed E-state index contributed by atoms with van der Waals surface area (Å²) in [6, 6.07) is 16.7. The van der Waals surface area contributed by atoms with Crippen LogP contribution in [0.5, 0.6) is 11.6 Å². The van der Waals surface area contributed by atoms with Crippen molar-refractivity contribution >= 4 is 10.9 Å². The maximum atomic E-state index is 9.05. The van der Waals surface area contributed by atoms with Crippen molar-refractivity contribution in [2.24, 2.45) is 0 Å². The molecule has 3 aromatic rings. The molecule has 3 rings (SSSR count). The van der Waals surface area contributed by atoms with E-state index in [-0.39, 0.29) is 0 Å². The Labute approximate surface area is 109 Å². The summed E-state index contributed by atoms with van der Waals surface area (Å²) in [5.41, 5.74) is 1.28. The molecule has 0 atom stereocenters. The van der Waals surface area contributed by atoms with E-state index < -0.39 is 0 Å². The van der Waals surface area contributed by atoms with E-state index in [1.165, 1.54) is 6.33 Å². The highest BCUT2D eigenvalue weighted by Gasteiger charge is 2.08. The summed E-state index contributed by atoms with van der Waals surface area (Å²) < 4.78 is 5.74. The predicted molar refractivity (Wildman–Crippen MR) is 70.8 cm³/mol. The number of ether oxygens (including phenoxy) is 1. The molecule has 0 saturated carbocycles. The summed E-state index contributed by atoms with van der Waals surface area (Å²) in [6.07, 6.45) is 1.45. The molecule has 0 bridgehead atoms. The Balaban J connectivity index is 2.09. The second-order valence-corrected chi connectivity index (χ2v) is 3.91. The number of aromatic nitrogens is 2. The van der Waals surface area contributed by atoms with Crippen LogP contribution in [0, 0.1) is 11.3 Å². The fraction of sp³-hybridized carbons (Fsp3) is 0. The molecular formula is C15H9N3O. The molecule has 0 N–H and O–H groups in total. The van der Waals surface area contributed by atoms with Gasteiger partial charge in [-0.25, -0.2) is 9.97 Å². The van der Waals surface area contributed by atoms with Crippen LogP contribution in [0.4, 0.5) is 0 Å². The lowest BCUT2D eigenvalue weighted by molar-refractivity contribution is 0.466. The zero-order chi connectivity index (χ0) is 13.1. The van der Waals surface area contributed by atoms with Gasteiger partial charge in [0.05, 0.1) is 16.5 Å². The Kier molecular flexibility index (Phi) is 2.79. The van der Waals surface area contributed by atoms with Gasteiger partial charge in [-0.05, 0) is 24.3 Å². The Morgan fingerprint density at radius 3 is 2.63 bits per heavy atom. The molecule has 2 aromatic carbocycles. The van der Waals surface area contributed by atoms with E-state index in [0.29, 0.717) is 17.2 Å². The molecule has 0 saturated heterocycles. The molecule has 0 aliphatic rings. The van der Waals surface area contributed by atoms with E-state index in [0.717, 1.165) is 10.9 Å². The van der Waals surface area contributed by atoms with Crippen LogP contribution in [0.15, 0.2) is 54.9 Å². The van der Waals surface area contributed by atoms with Gasteiger partial charge >= 0.3 is 0 Å². The van der Waals surface area contributed by atoms with Gasteiger partial charge < -0.3 is 4.74 Å². The Bertz CT molecular complexity index is 772. The molecule has 4 nitrogen and oxygen atoms in total. The monoisotopic (exact) mass is 247 g/mol. The Morgan fingerprint density at radius 1 is 0.947 bits per heavy atom. The molecule has 0 aliphatic carbocycles. The van der Waals surface area contributed by atoms with Crippen molar-refractivity contribution < 1.29 is 4.74 Å². The number of nitrogens with zero attached hydrogens (tertiary/aromatic N) is 3. The van der Waals surface area contributed by atoms with Crippen LogP contribution >= 0.6 is 0 Å². The predicted octanol–water partition coefficient (Wildman–Crippen LogP) is 3.29. The van der Waals surface area contributed by atoms with E-state index in [4.69, 9.17) is 10.00 Å². The number of fused-ring (bicyclic) bond motifs is 1. The topological polar surface area (TPSA) is 58.8 Å². The molecule has 0 spiro atoms. The van der Waals surface area contributed by atoms with E-state index in [2.05, 4.69) is 16.0 Å². The summed E-state index contributed by atoms with van der Waals surface area (Å²) in [6.45, 7) is 0. The first-order valence-corrected chi connectivity index (χ1v) is 5.75. The first kappa shape index (κ1) is 11.2. The van der Waals surface area contributed by atoms with Crippen molar-refractivity contribution in [3.05, 3.63) is 60.4 Å². The van der Waals surface area contributed by atoms with Crippen LogP contribution in [-0.4, -0.2) is 9.97 Å². The molecule has 1 heterocycles. The number of hydrogen-bond acceptors (Lipinski definition) is 4. The Hall–Kier alpha value is -2.93. The maximum absolute atomic E-state index is 9.05. The summed E-state index contributed by atoms with van der Waals surface area (Å²) in [5.74, 6) is 0.946. The van der Waals surface area contributed by atoms with Crippen LogP contribution in [0.3, 0.4) is 0 Å². The molecule has 1 aromatic heterocycles. The van der Waals surface area contributed by atoms with Gasteiger partial charge in [0.2, 0.25) is 5.88 Å². The summed E-state index contributed by atoms with van der Waals surface area (Å²) >= 11 is 0. The van der Waals surface area contributed by atoms with Gasteiger partial charge in [-0.3, -0.25) is 0 Å². The summed E-state index contributed by atoms with van der Waals surface area (Å²) in [4.78, 5) is 8.30. The first-order valence-electron chi connectivity index (χ1n) is 5.75. The van der Waals surface area contributed by atoms with Crippen molar-refractivity contribution in [1.29, 1.82) is 5.26 Å². The minimum Gasteiger partial charge on any atom is -0.437 e. The molecule has 19 heavy (non-hydrogen) atoms. The van der Waals surface area contributed by atoms with Crippen LogP contribution in [0.1, 0.15) is 5.56 Å². The van der Waals surface area contributed by atoms with Crippen molar-refractivity contribution in [1.82, 2.24) is 9.97 Å². The zero-order valence-electron chi connectivity index (χ0n) is 9.95. The fourth-order valence-corrected chi connectivity index (χ4v) is 1.81. The van der Waals surface area contributed by atoms with Gasteiger partial charge in [-0.2, -0.15) is 5.26 Å². The van der Waals surface area contributed by atoms with Crippen molar-refractivity contribution in [3.63, 3.8) is 0 Å². The third kappa shape index (κ3) is 2.09. The van der Waals surface area contributed by atoms with Gasteiger partial charge in [0.25, 0.3) is 0 Å². The number of benzene rings is 2. The molecular weight excluding hydrogens is 238 g/mol. The highest BCUT2D eigenvalue weighted by Crippen LogP contribution is 2.28. The van der Waals surface area contributed by atoms with Crippen molar-refractivity contribution in [2.45, 2.75) is 0 Å². The maximum Gasteiger partial charge on any atom is 0.230 e. The quantitative estimate of drug-likeness (QED) is 0.697. The van der Waals surface area contributed by atoms with Crippen LogP contribution in [-0.2, 0) is 0 Å². The largest absolute Gasteiger partial charge is 0.437 e. The number of rotatable bonds is 2. The second-order valence-electron chi connectivity index (χ2n) is 3.91. The highest BCUT2D eigenvalue weighted by atomic mass is 16.5. The van der Waals surface area contributed by atoms with E-state index >= 15 is 0 Å². The minimum absolute atomic E-state index is 0.452. The average Bonchev–Trinajstić information content (AvgIpc) is 2.48. The van der Waals surface area contributed by atoms with Gasteiger partial charge in [0.15, 0.2) is 0 Å². The van der Waals surface area contributed by atoms with Crippen molar-refractivity contribution in [3.8, 4) is 17.7 Å². The molecule has 90 valence electrons. The smallest absolute Gasteiger partial charge is 0.230 e. The van der Waals surface area contributed by atoms with Gasteiger partial charge in [0.1, 0.15) is 18.1 Å². The number of hydrogen-bond donors (Lipinski definition) is 0. The average molecular weight is 247 g/mol.